The molecule has 1 aliphatic rings. The number of ether oxygens (including phenoxy) is 1. The molecule has 1 aliphatic heterocycles. The third-order valence-electron chi connectivity index (χ3n) is 3.31. The van der Waals surface area contributed by atoms with Gasteiger partial charge in [0, 0.05) is 19.7 Å². The average molecular weight is 340 g/mol. The van der Waals surface area contributed by atoms with Gasteiger partial charge in [-0.25, -0.2) is 4.79 Å². The maximum Gasteiger partial charge on any atom is 0.423 e. The van der Waals surface area contributed by atoms with Crippen LogP contribution in [0, 0.1) is 0 Å². The van der Waals surface area contributed by atoms with Gasteiger partial charge in [0.05, 0.1) is 12.7 Å². The third kappa shape index (κ3) is 3.82. The molecule has 10 heteroatoms. The van der Waals surface area contributed by atoms with Gasteiger partial charge < -0.3 is 14.9 Å². The number of hydrogen-bond acceptors (Lipinski definition) is 5. The second-order valence-electron chi connectivity index (χ2n) is 4.71. The highest BCUT2D eigenvalue weighted by Gasteiger charge is 2.39. The lowest BCUT2D eigenvalue weighted by Crippen LogP contribution is -2.42. The molecule has 1 aromatic heterocycles. The van der Waals surface area contributed by atoms with Crippen molar-refractivity contribution in [3.8, 4) is 0 Å². The van der Waals surface area contributed by atoms with Crippen LogP contribution >= 0.6 is 0 Å². The summed E-state index contributed by atoms with van der Waals surface area (Å²) in [6.45, 7) is 3.46. The van der Waals surface area contributed by atoms with Crippen LogP contribution in [0.2, 0.25) is 0 Å². The van der Waals surface area contributed by atoms with E-state index in [-0.39, 0.29) is 6.42 Å². The molecule has 132 valence electrons. The summed E-state index contributed by atoms with van der Waals surface area (Å²) < 4.78 is 44.4. The van der Waals surface area contributed by atoms with Crippen LogP contribution in [-0.4, -0.2) is 38.2 Å². The first kappa shape index (κ1) is 19.4. The van der Waals surface area contributed by atoms with Crippen molar-refractivity contribution in [2.24, 2.45) is 7.05 Å². The molecular weight excluding hydrogens is 321 g/mol. The zero-order valence-corrected chi connectivity index (χ0v) is 12.9. The molecule has 1 saturated heterocycles. The summed E-state index contributed by atoms with van der Waals surface area (Å²) in [6.07, 6.45) is -8.00. The van der Waals surface area contributed by atoms with Gasteiger partial charge in [-0.1, -0.05) is 13.8 Å². The van der Waals surface area contributed by atoms with E-state index in [1.807, 2.05) is 13.8 Å². The minimum absolute atomic E-state index is 0.166. The Morgan fingerprint density at radius 1 is 1.35 bits per heavy atom. The molecule has 0 amide bonds. The highest BCUT2D eigenvalue weighted by atomic mass is 19.4. The summed E-state index contributed by atoms with van der Waals surface area (Å²) in [5.74, 6) is 0. The summed E-state index contributed by atoms with van der Waals surface area (Å²) in [5.41, 5.74) is -3.96. The van der Waals surface area contributed by atoms with Gasteiger partial charge in [0.15, 0.2) is 0 Å². The van der Waals surface area contributed by atoms with Crippen molar-refractivity contribution in [3.63, 3.8) is 0 Å². The zero-order valence-electron chi connectivity index (χ0n) is 12.9. The summed E-state index contributed by atoms with van der Waals surface area (Å²) in [4.78, 5) is 23.4. The molecule has 1 unspecified atom stereocenters. The van der Waals surface area contributed by atoms with Gasteiger partial charge in [-0.2, -0.15) is 13.2 Å². The Hall–Kier alpha value is -1.65. The molecule has 2 N–H and O–H groups in total. The van der Waals surface area contributed by atoms with E-state index in [1.54, 1.807) is 0 Å². The van der Waals surface area contributed by atoms with Gasteiger partial charge in [-0.3, -0.25) is 13.9 Å². The van der Waals surface area contributed by atoms with Gasteiger partial charge in [-0.15, -0.1) is 0 Å². The molecule has 0 radical (unpaired) electrons. The van der Waals surface area contributed by atoms with Gasteiger partial charge in [0.2, 0.25) is 0 Å². The van der Waals surface area contributed by atoms with E-state index in [0.717, 1.165) is 7.05 Å². The van der Waals surface area contributed by atoms with Crippen molar-refractivity contribution < 1.29 is 28.1 Å². The van der Waals surface area contributed by atoms with E-state index >= 15 is 0 Å². The van der Waals surface area contributed by atoms with Crippen LogP contribution in [-0.2, 0) is 18.0 Å². The quantitative estimate of drug-likeness (QED) is 0.804. The fourth-order valence-electron chi connectivity index (χ4n) is 2.14. The number of rotatable bonds is 2. The van der Waals surface area contributed by atoms with Crippen molar-refractivity contribution >= 4 is 0 Å². The van der Waals surface area contributed by atoms with Gasteiger partial charge in [0.1, 0.15) is 17.9 Å². The summed E-state index contributed by atoms with van der Waals surface area (Å²) in [6, 6.07) is 0. The maximum atomic E-state index is 12.8. The predicted octanol–water partition coefficient (Wildman–Crippen LogP) is 0.233. The Balaban J connectivity index is 0.00000127. The van der Waals surface area contributed by atoms with E-state index in [4.69, 9.17) is 9.84 Å². The Kier molecular flexibility index (Phi) is 6.14. The van der Waals surface area contributed by atoms with Gasteiger partial charge >= 0.3 is 11.9 Å². The topological polar surface area (TPSA) is 93.7 Å². The second-order valence-corrected chi connectivity index (χ2v) is 4.71. The predicted molar refractivity (Wildman–Crippen MR) is 73.9 cm³/mol. The molecule has 1 fully saturated rings. The number of halogens is 3. The third-order valence-corrected chi connectivity index (χ3v) is 3.31. The van der Waals surface area contributed by atoms with Crippen LogP contribution in [0.5, 0.6) is 0 Å². The lowest BCUT2D eigenvalue weighted by atomic mass is 10.2. The monoisotopic (exact) mass is 340 g/mol. The Morgan fingerprint density at radius 2 is 1.91 bits per heavy atom. The van der Waals surface area contributed by atoms with Crippen LogP contribution in [0.15, 0.2) is 15.8 Å². The molecule has 7 nitrogen and oxygen atoms in total. The molecule has 23 heavy (non-hydrogen) atoms. The molecular formula is C13H19F3N2O5. The number of aromatic nitrogens is 2. The lowest BCUT2D eigenvalue weighted by molar-refractivity contribution is -0.140. The average Bonchev–Trinajstić information content (AvgIpc) is 2.86. The van der Waals surface area contributed by atoms with E-state index in [1.165, 1.54) is 0 Å². The number of alkyl halides is 3. The molecule has 0 saturated carbocycles. The van der Waals surface area contributed by atoms with Crippen molar-refractivity contribution in [3.05, 3.63) is 32.6 Å². The lowest BCUT2D eigenvalue weighted by Gasteiger charge is -2.17. The van der Waals surface area contributed by atoms with Crippen LogP contribution in [0.25, 0.3) is 0 Å². The molecule has 0 bridgehead atoms. The number of aliphatic hydroxyl groups is 2. The van der Waals surface area contributed by atoms with E-state index in [0.29, 0.717) is 15.3 Å². The SMILES string of the molecule is CC.Cn1c(=O)c(C(F)(F)F)cn([C@@H]2C[C@H](O)C(CO)O2)c1=O. The summed E-state index contributed by atoms with van der Waals surface area (Å²) in [7, 11) is 0.922. The molecule has 0 aromatic carbocycles. The first-order chi connectivity index (χ1) is 10.7. The summed E-state index contributed by atoms with van der Waals surface area (Å²) in [5, 5.41) is 18.5. The highest BCUT2D eigenvalue weighted by molar-refractivity contribution is 5.10. The summed E-state index contributed by atoms with van der Waals surface area (Å²) >= 11 is 0. The van der Waals surface area contributed by atoms with E-state index < -0.39 is 48.0 Å². The normalized spacial score (nSPS) is 24.3. The molecule has 1 aromatic rings. The maximum absolute atomic E-state index is 12.8. The first-order valence-corrected chi connectivity index (χ1v) is 7.00. The van der Waals surface area contributed by atoms with E-state index in [2.05, 4.69) is 0 Å². The first-order valence-electron chi connectivity index (χ1n) is 7.00. The smallest absolute Gasteiger partial charge is 0.394 e. The molecule has 0 spiro atoms. The van der Waals surface area contributed by atoms with E-state index in [9.17, 15) is 27.9 Å². The van der Waals surface area contributed by atoms with Crippen LogP contribution < -0.4 is 11.2 Å². The fraction of sp³-hybridized carbons (Fsp3) is 0.692. The second kappa shape index (κ2) is 7.28. The number of aliphatic hydroxyl groups excluding tert-OH is 2. The Morgan fingerprint density at radius 3 is 2.35 bits per heavy atom. The largest absolute Gasteiger partial charge is 0.423 e. The number of nitrogens with zero attached hydrogens (tertiary/aromatic N) is 2. The Labute approximate surface area is 129 Å². The minimum Gasteiger partial charge on any atom is -0.394 e. The van der Waals surface area contributed by atoms with Crippen molar-refractivity contribution in [1.82, 2.24) is 9.13 Å². The van der Waals surface area contributed by atoms with Crippen LogP contribution in [0.1, 0.15) is 32.1 Å². The molecule has 0 aliphatic carbocycles. The molecule has 2 heterocycles. The zero-order chi connectivity index (χ0) is 17.9. The van der Waals surface area contributed by atoms with Gasteiger partial charge in [-0.05, 0) is 0 Å². The Bertz CT molecular complexity index is 652. The minimum atomic E-state index is -4.92. The van der Waals surface area contributed by atoms with Crippen molar-refractivity contribution in [2.45, 2.75) is 44.9 Å². The van der Waals surface area contributed by atoms with Crippen molar-refractivity contribution in [2.75, 3.05) is 6.61 Å². The molecule has 2 rings (SSSR count). The van der Waals surface area contributed by atoms with Gasteiger partial charge in [0.25, 0.3) is 5.56 Å². The number of hydrogen-bond donors (Lipinski definition) is 2. The fourth-order valence-corrected chi connectivity index (χ4v) is 2.14. The van der Waals surface area contributed by atoms with Crippen molar-refractivity contribution in [1.29, 1.82) is 0 Å². The standard InChI is InChI=1S/C11H13F3N2O5.C2H6/c1-15-9(19)5(11(12,13)14)3-16(10(15)20)8-2-6(18)7(4-17)21-8;1-2/h3,6-8,17-18H,2,4H2,1H3;1-2H3/t6-,7?,8-;/m0./s1. The molecule has 3 atom stereocenters. The highest BCUT2D eigenvalue weighted by Crippen LogP contribution is 2.30. The van der Waals surface area contributed by atoms with Crippen LogP contribution in [0.4, 0.5) is 13.2 Å². The van der Waals surface area contributed by atoms with Crippen LogP contribution in [0.3, 0.4) is 0 Å².